The molecule has 4 heteroatoms. The van der Waals surface area contributed by atoms with Crippen molar-refractivity contribution in [3.05, 3.63) is 17.8 Å². The maximum atomic E-state index is 5.60. The van der Waals surface area contributed by atoms with Gasteiger partial charge in [-0.1, -0.05) is 20.8 Å². The van der Waals surface area contributed by atoms with Gasteiger partial charge in [0.2, 0.25) is 0 Å². The quantitative estimate of drug-likeness (QED) is 0.833. The molecule has 0 atom stereocenters. The lowest BCUT2D eigenvalue weighted by Gasteiger charge is -2.42. The molecule has 0 unspecified atom stereocenters. The molecule has 1 aliphatic rings. The summed E-state index contributed by atoms with van der Waals surface area (Å²) < 4.78 is 5.60. The molecule has 1 fully saturated rings. The third-order valence-electron chi connectivity index (χ3n) is 3.90. The van der Waals surface area contributed by atoms with E-state index in [1.54, 1.807) is 0 Å². The first-order valence-electron chi connectivity index (χ1n) is 7.58. The molecule has 0 spiro atoms. The fraction of sp³-hybridized carbons (Fsp3) is 0.812. The van der Waals surface area contributed by atoms with E-state index in [0.717, 1.165) is 44.3 Å². The molecule has 1 saturated heterocycles. The fourth-order valence-electron chi connectivity index (χ4n) is 2.53. The van der Waals surface area contributed by atoms with E-state index in [-0.39, 0.29) is 11.0 Å². The molecule has 4 nitrogen and oxygen atoms in total. The minimum Gasteiger partial charge on any atom is -0.448 e. The first-order chi connectivity index (χ1) is 9.16. The van der Waals surface area contributed by atoms with Gasteiger partial charge in [-0.15, -0.1) is 0 Å². The first kappa shape index (κ1) is 15.5. The van der Waals surface area contributed by atoms with Crippen LogP contribution < -0.4 is 0 Å². The molecule has 0 bridgehead atoms. The van der Waals surface area contributed by atoms with Gasteiger partial charge in [-0.25, -0.2) is 4.98 Å². The fourth-order valence-corrected chi connectivity index (χ4v) is 2.53. The van der Waals surface area contributed by atoms with Crippen LogP contribution in [0.4, 0.5) is 0 Å². The zero-order valence-electron chi connectivity index (χ0n) is 13.9. The number of nitrogens with zero attached hydrogens (tertiary/aromatic N) is 3. The minimum atomic E-state index is -0.0107. The van der Waals surface area contributed by atoms with Crippen LogP contribution in [0.2, 0.25) is 0 Å². The predicted octanol–water partition coefficient (Wildman–Crippen LogP) is 2.89. The molecule has 0 amide bonds. The van der Waals surface area contributed by atoms with Crippen molar-refractivity contribution < 1.29 is 4.42 Å². The highest BCUT2D eigenvalue weighted by atomic mass is 16.3. The summed E-state index contributed by atoms with van der Waals surface area (Å²) in [6.07, 6.45) is 1.82. The van der Waals surface area contributed by atoms with Gasteiger partial charge in [0.05, 0.1) is 5.69 Å². The SMILES string of the molecule is CC(C)(C)c1nc(CN2CCN(C(C)(C)C)CC2)co1. The third-order valence-corrected chi connectivity index (χ3v) is 3.90. The summed E-state index contributed by atoms with van der Waals surface area (Å²) in [6.45, 7) is 18.6. The molecule has 1 aromatic heterocycles. The molecule has 1 aromatic rings. The summed E-state index contributed by atoms with van der Waals surface area (Å²) in [4.78, 5) is 9.63. The van der Waals surface area contributed by atoms with Gasteiger partial charge in [-0.05, 0) is 20.8 Å². The van der Waals surface area contributed by atoms with Gasteiger partial charge in [0, 0.05) is 43.7 Å². The molecule has 2 rings (SSSR count). The molecule has 114 valence electrons. The number of hydrogen-bond donors (Lipinski definition) is 0. The first-order valence-corrected chi connectivity index (χ1v) is 7.58. The monoisotopic (exact) mass is 279 g/mol. The Morgan fingerprint density at radius 2 is 1.65 bits per heavy atom. The van der Waals surface area contributed by atoms with Crippen LogP contribution in [0.5, 0.6) is 0 Å². The Hall–Kier alpha value is -0.870. The Balaban J connectivity index is 1.88. The molecular weight excluding hydrogens is 250 g/mol. The van der Waals surface area contributed by atoms with Crippen molar-refractivity contribution in [2.45, 2.75) is 59.0 Å². The van der Waals surface area contributed by atoms with Crippen molar-refractivity contribution in [1.29, 1.82) is 0 Å². The summed E-state index contributed by atoms with van der Waals surface area (Å²) in [5.74, 6) is 0.834. The van der Waals surface area contributed by atoms with E-state index in [4.69, 9.17) is 4.42 Å². The Morgan fingerprint density at radius 3 is 2.10 bits per heavy atom. The van der Waals surface area contributed by atoms with Crippen molar-refractivity contribution in [2.75, 3.05) is 26.2 Å². The predicted molar refractivity (Wildman–Crippen MR) is 81.8 cm³/mol. The average molecular weight is 279 g/mol. The van der Waals surface area contributed by atoms with Gasteiger partial charge in [0.15, 0.2) is 5.89 Å². The van der Waals surface area contributed by atoms with Crippen molar-refractivity contribution in [3.8, 4) is 0 Å². The van der Waals surface area contributed by atoms with Crippen molar-refractivity contribution in [1.82, 2.24) is 14.8 Å². The van der Waals surface area contributed by atoms with Crippen molar-refractivity contribution in [3.63, 3.8) is 0 Å². The van der Waals surface area contributed by atoms with E-state index in [1.807, 2.05) is 6.26 Å². The summed E-state index contributed by atoms with van der Waals surface area (Å²) in [5, 5.41) is 0. The van der Waals surface area contributed by atoms with Crippen molar-refractivity contribution in [2.24, 2.45) is 0 Å². The van der Waals surface area contributed by atoms with Gasteiger partial charge in [-0.2, -0.15) is 0 Å². The molecule has 1 aliphatic heterocycles. The Bertz CT molecular complexity index is 431. The second-order valence-electron chi connectivity index (χ2n) is 7.83. The summed E-state index contributed by atoms with van der Waals surface area (Å²) >= 11 is 0. The highest BCUT2D eigenvalue weighted by Gasteiger charge is 2.26. The summed E-state index contributed by atoms with van der Waals surface area (Å²) in [6, 6.07) is 0. The normalized spacial score (nSPS) is 19.5. The largest absolute Gasteiger partial charge is 0.448 e. The number of piperazine rings is 1. The summed E-state index contributed by atoms with van der Waals surface area (Å²) in [5.41, 5.74) is 1.32. The minimum absolute atomic E-state index is 0.0107. The van der Waals surface area contributed by atoms with Crippen molar-refractivity contribution >= 4 is 0 Å². The van der Waals surface area contributed by atoms with Gasteiger partial charge in [0.25, 0.3) is 0 Å². The molecule has 0 N–H and O–H groups in total. The maximum Gasteiger partial charge on any atom is 0.199 e. The molecule has 0 radical (unpaired) electrons. The topological polar surface area (TPSA) is 32.5 Å². The lowest BCUT2D eigenvalue weighted by Crippen LogP contribution is -2.53. The zero-order valence-corrected chi connectivity index (χ0v) is 13.9. The van der Waals surface area contributed by atoms with Crippen LogP contribution in [0.1, 0.15) is 53.1 Å². The number of oxazole rings is 1. The molecular formula is C16H29N3O. The average Bonchev–Trinajstić information content (AvgIpc) is 2.77. The molecule has 2 heterocycles. The van der Waals surface area contributed by atoms with Gasteiger partial charge >= 0.3 is 0 Å². The number of rotatable bonds is 2. The van der Waals surface area contributed by atoms with Gasteiger partial charge < -0.3 is 4.42 Å². The molecule has 0 aromatic carbocycles. The third kappa shape index (κ3) is 3.83. The highest BCUT2D eigenvalue weighted by molar-refractivity contribution is 5.04. The van der Waals surface area contributed by atoms with Crippen LogP contribution in [0.15, 0.2) is 10.7 Å². The van der Waals surface area contributed by atoms with E-state index in [9.17, 15) is 0 Å². The van der Waals surface area contributed by atoms with Crippen LogP contribution in [-0.4, -0.2) is 46.5 Å². The van der Waals surface area contributed by atoms with Gasteiger partial charge in [0.1, 0.15) is 6.26 Å². The van der Waals surface area contributed by atoms with Crippen LogP contribution in [0.3, 0.4) is 0 Å². The summed E-state index contributed by atoms with van der Waals surface area (Å²) in [7, 11) is 0. The standard InChI is InChI=1S/C16H29N3O/c1-15(2,3)14-17-13(12-20-14)11-18-7-9-19(10-8-18)16(4,5)6/h12H,7-11H2,1-6H3. The van der Waals surface area contributed by atoms with Crippen LogP contribution in [0.25, 0.3) is 0 Å². The second-order valence-corrected chi connectivity index (χ2v) is 7.83. The van der Waals surface area contributed by atoms with E-state index < -0.39 is 0 Å². The lowest BCUT2D eigenvalue weighted by atomic mass is 9.97. The van der Waals surface area contributed by atoms with Crippen LogP contribution in [0, 0.1) is 0 Å². The molecule has 0 saturated carbocycles. The number of aromatic nitrogens is 1. The Kier molecular flexibility index (Phi) is 4.26. The van der Waals surface area contributed by atoms with Crippen LogP contribution >= 0.6 is 0 Å². The van der Waals surface area contributed by atoms with E-state index in [2.05, 4.69) is 56.3 Å². The number of hydrogen-bond acceptors (Lipinski definition) is 4. The van der Waals surface area contributed by atoms with E-state index in [0.29, 0.717) is 0 Å². The smallest absolute Gasteiger partial charge is 0.199 e. The lowest BCUT2D eigenvalue weighted by molar-refractivity contribution is 0.0585. The van der Waals surface area contributed by atoms with Gasteiger partial charge in [-0.3, -0.25) is 9.80 Å². The second kappa shape index (κ2) is 5.49. The zero-order chi connectivity index (χ0) is 15.0. The molecule has 0 aliphatic carbocycles. The van der Waals surface area contributed by atoms with E-state index in [1.165, 1.54) is 0 Å². The maximum absolute atomic E-state index is 5.60. The van der Waals surface area contributed by atoms with E-state index >= 15 is 0 Å². The van der Waals surface area contributed by atoms with Crippen LogP contribution in [-0.2, 0) is 12.0 Å². The Labute approximate surface area is 123 Å². The molecule has 20 heavy (non-hydrogen) atoms. The Morgan fingerprint density at radius 1 is 1.05 bits per heavy atom. The highest BCUT2D eigenvalue weighted by Crippen LogP contribution is 2.22.